The summed E-state index contributed by atoms with van der Waals surface area (Å²) in [4.78, 5) is 0. The number of rotatable bonds is 2. The zero-order chi connectivity index (χ0) is 15.4. The van der Waals surface area contributed by atoms with Gasteiger partial charge in [-0.05, 0) is 55.0 Å². The molecule has 1 nitrogen and oxygen atoms in total. The number of hydrogen-bond donors (Lipinski definition) is 1. The van der Waals surface area contributed by atoms with E-state index in [9.17, 15) is 5.11 Å². The third kappa shape index (κ3) is 7.25. The van der Waals surface area contributed by atoms with E-state index in [2.05, 4.69) is 55.4 Å². The highest BCUT2D eigenvalue weighted by Crippen LogP contribution is 2.27. The maximum atomic E-state index is 9.69. The molecule has 1 rings (SSSR count). The molecular weight excluding hydrogens is 232 g/mol. The largest absolute Gasteiger partial charge is 0.508 e. The molecule has 0 radical (unpaired) electrons. The van der Waals surface area contributed by atoms with Crippen molar-refractivity contribution in [2.24, 2.45) is 0 Å². The molecule has 0 bridgehead atoms. The van der Waals surface area contributed by atoms with Crippen LogP contribution in [0.1, 0.15) is 76.6 Å². The Labute approximate surface area is 121 Å². The average molecular weight is 266 g/mol. The lowest BCUT2D eigenvalue weighted by molar-refractivity contribution is 0.467. The molecule has 0 aliphatic heterocycles. The van der Waals surface area contributed by atoms with Gasteiger partial charge in [-0.3, -0.25) is 0 Å². The summed E-state index contributed by atoms with van der Waals surface area (Å²) in [5.74, 6) is 0.453. The molecular formula is C18H34O. The number of aryl methyl sites for hydroxylation is 1. The molecule has 1 aromatic carbocycles. The van der Waals surface area contributed by atoms with Crippen LogP contribution in [0.3, 0.4) is 0 Å². The lowest BCUT2D eigenvalue weighted by Crippen LogP contribution is -1.97. The van der Waals surface area contributed by atoms with Crippen molar-refractivity contribution in [3.63, 3.8) is 0 Å². The van der Waals surface area contributed by atoms with Crippen molar-refractivity contribution >= 4 is 0 Å². The second kappa shape index (κ2) is 12.1. The number of hydrogen-bond acceptors (Lipinski definition) is 1. The topological polar surface area (TPSA) is 20.2 Å². The van der Waals surface area contributed by atoms with Gasteiger partial charge in [0.05, 0.1) is 0 Å². The van der Waals surface area contributed by atoms with Crippen LogP contribution in [0.5, 0.6) is 5.75 Å². The minimum Gasteiger partial charge on any atom is -0.508 e. The fraction of sp³-hybridized carbons (Fsp3) is 0.667. The molecule has 0 saturated carbocycles. The minimum absolute atomic E-state index is 0.453. The van der Waals surface area contributed by atoms with Crippen LogP contribution in [0.15, 0.2) is 6.07 Å². The zero-order valence-corrected chi connectivity index (χ0v) is 14.4. The van der Waals surface area contributed by atoms with E-state index in [1.54, 1.807) is 0 Å². The van der Waals surface area contributed by atoms with Gasteiger partial charge < -0.3 is 5.11 Å². The molecule has 0 aliphatic rings. The van der Waals surface area contributed by atoms with Crippen molar-refractivity contribution in [2.75, 3.05) is 0 Å². The van der Waals surface area contributed by atoms with Gasteiger partial charge in [-0.2, -0.15) is 0 Å². The van der Waals surface area contributed by atoms with Crippen LogP contribution in [-0.2, 0) is 12.8 Å². The van der Waals surface area contributed by atoms with Gasteiger partial charge in [-0.1, -0.05) is 54.4 Å². The van der Waals surface area contributed by atoms with E-state index in [0.717, 1.165) is 18.4 Å². The molecule has 0 aromatic heterocycles. The zero-order valence-electron chi connectivity index (χ0n) is 14.4. The second-order valence-electron chi connectivity index (χ2n) is 4.92. The van der Waals surface area contributed by atoms with E-state index in [4.69, 9.17) is 0 Å². The Morgan fingerprint density at radius 3 is 1.47 bits per heavy atom. The first kappa shape index (κ1) is 20.3. The SMILES string of the molecule is CCC.CCC.CCc1c(C)cc(O)c(CC)c1C. The second-order valence-corrected chi connectivity index (χ2v) is 4.92. The molecule has 0 heterocycles. The molecule has 0 saturated heterocycles. The Balaban J connectivity index is 0. The molecule has 1 aromatic rings. The summed E-state index contributed by atoms with van der Waals surface area (Å²) in [6, 6.07) is 1.88. The van der Waals surface area contributed by atoms with E-state index < -0.39 is 0 Å². The number of aromatic hydroxyl groups is 1. The summed E-state index contributed by atoms with van der Waals surface area (Å²) >= 11 is 0. The van der Waals surface area contributed by atoms with Crippen molar-refractivity contribution < 1.29 is 5.11 Å². The highest BCUT2D eigenvalue weighted by molar-refractivity contribution is 5.48. The van der Waals surface area contributed by atoms with Crippen molar-refractivity contribution in [1.29, 1.82) is 0 Å². The van der Waals surface area contributed by atoms with Crippen LogP contribution in [-0.4, -0.2) is 5.11 Å². The van der Waals surface area contributed by atoms with Crippen LogP contribution < -0.4 is 0 Å². The van der Waals surface area contributed by atoms with Gasteiger partial charge in [-0.25, -0.2) is 0 Å². The van der Waals surface area contributed by atoms with E-state index >= 15 is 0 Å². The van der Waals surface area contributed by atoms with Gasteiger partial charge in [0, 0.05) is 0 Å². The summed E-state index contributed by atoms with van der Waals surface area (Å²) in [5.41, 5.74) is 4.95. The molecule has 0 fully saturated rings. The third-order valence-corrected chi connectivity index (χ3v) is 2.75. The monoisotopic (exact) mass is 266 g/mol. The summed E-state index contributed by atoms with van der Waals surface area (Å²) in [7, 11) is 0. The predicted octanol–water partition coefficient (Wildman–Crippen LogP) is 5.97. The van der Waals surface area contributed by atoms with Crippen molar-refractivity contribution in [1.82, 2.24) is 0 Å². The Bertz CT molecular complexity index is 310. The minimum atomic E-state index is 0.453. The molecule has 1 heteroatoms. The first-order chi connectivity index (χ1) is 8.94. The molecule has 19 heavy (non-hydrogen) atoms. The van der Waals surface area contributed by atoms with Gasteiger partial charge in [0.25, 0.3) is 0 Å². The fourth-order valence-electron chi connectivity index (χ4n) is 2.04. The molecule has 0 amide bonds. The van der Waals surface area contributed by atoms with Crippen LogP contribution in [0.25, 0.3) is 0 Å². The van der Waals surface area contributed by atoms with E-state index in [1.807, 2.05) is 6.07 Å². The fourth-order valence-corrected chi connectivity index (χ4v) is 2.04. The number of benzene rings is 1. The quantitative estimate of drug-likeness (QED) is 0.699. The van der Waals surface area contributed by atoms with Crippen LogP contribution >= 0.6 is 0 Å². The maximum Gasteiger partial charge on any atom is 0.119 e. The van der Waals surface area contributed by atoms with E-state index in [-0.39, 0.29) is 0 Å². The highest BCUT2D eigenvalue weighted by atomic mass is 16.3. The molecule has 0 spiro atoms. The average Bonchev–Trinajstić information content (AvgIpc) is 2.31. The standard InChI is InChI=1S/C12H18O.2C3H8/c1-5-10-8(3)7-12(13)11(6-2)9(10)4;2*1-3-2/h7,13H,5-6H2,1-4H3;2*3H2,1-2H3. The molecule has 1 N–H and O–H groups in total. The number of phenolic OH excluding ortho intramolecular Hbond substituents is 1. The molecule has 0 unspecified atom stereocenters. The van der Waals surface area contributed by atoms with Gasteiger partial charge >= 0.3 is 0 Å². The molecule has 0 aliphatic carbocycles. The summed E-state index contributed by atoms with van der Waals surface area (Å²) in [6.07, 6.45) is 4.45. The van der Waals surface area contributed by atoms with E-state index in [0.29, 0.717) is 5.75 Å². The Morgan fingerprint density at radius 1 is 0.789 bits per heavy atom. The first-order valence-corrected chi connectivity index (χ1v) is 7.75. The lowest BCUT2D eigenvalue weighted by atomic mass is 9.94. The Kier molecular flexibility index (Phi) is 12.9. The number of phenols is 1. The van der Waals surface area contributed by atoms with Gasteiger partial charge in [0.2, 0.25) is 0 Å². The van der Waals surface area contributed by atoms with Crippen LogP contribution in [0, 0.1) is 13.8 Å². The van der Waals surface area contributed by atoms with E-state index in [1.165, 1.54) is 29.5 Å². The van der Waals surface area contributed by atoms with Gasteiger partial charge in [-0.15, -0.1) is 0 Å². The first-order valence-electron chi connectivity index (χ1n) is 7.75. The molecule has 0 atom stereocenters. The maximum absolute atomic E-state index is 9.69. The van der Waals surface area contributed by atoms with Crippen LogP contribution in [0.2, 0.25) is 0 Å². The van der Waals surface area contributed by atoms with Gasteiger partial charge in [0.1, 0.15) is 5.75 Å². The highest BCUT2D eigenvalue weighted by Gasteiger charge is 2.09. The van der Waals surface area contributed by atoms with Crippen LogP contribution in [0.4, 0.5) is 0 Å². The van der Waals surface area contributed by atoms with Gasteiger partial charge in [0.15, 0.2) is 0 Å². The third-order valence-electron chi connectivity index (χ3n) is 2.75. The van der Waals surface area contributed by atoms with Crippen molar-refractivity contribution in [3.05, 3.63) is 28.3 Å². The smallest absolute Gasteiger partial charge is 0.119 e. The Hall–Kier alpha value is -0.980. The lowest BCUT2D eigenvalue weighted by Gasteiger charge is -2.13. The summed E-state index contributed by atoms with van der Waals surface area (Å²) in [6.45, 7) is 16.9. The summed E-state index contributed by atoms with van der Waals surface area (Å²) < 4.78 is 0. The normalized spacial score (nSPS) is 9.05. The van der Waals surface area contributed by atoms with Crippen molar-refractivity contribution in [3.8, 4) is 5.75 Å². The Morgan fingerprint density at radius 2 is 1.16 bits per heavy atom. The van der Waals surface area contributed by atoms with Crippen molar-refractivity contribution in [2.45, 2.75) is 81.1 Å². The molecule has 112 valence electrons. The predicted molar refractivity (Wildman–Crippen MR) is 88.3 cm³/mol. The summed E-state index contributed by atoms with van der Waals surface area (Å²) in [5, 5.41) is 9.69.